The second-order valence-electron chi connectivity index (χ2n) is 3.12. The number of carbonyl (C=O) groups is 1. The largest absolute Gasteiger partial charge is 0.385 e. The maximum atomic E-state index is 10.9. The van der Waals surface area contributed by atoms with Gasteiger partial charge in [-0.15, -0.1) is 0 Å². The summed E-state index contributed by atoms with van der Waals surface area (Å²) >= 11 is 0. The van der Waals surface area contributed by atoms with Crippen molar-refractivity contribution in [1.82, 2.24) is 0 Å². The minimum Gasteiger partial charge on any atom is -0.385 e. The number of rotatable bonds is 0. The Morgan fingerprint density at radius 2 is 2.22 bits per heavy atom. The van der Waals surface area contributed by atoms with Crippen LogP contribution in [0.1, 0.15) is 19.3 Å². The molecule has 2 heteroatoms. The molecule has 2 nitrogen and oxygen atoms in total. The van der Waals surface area contributed by atoms with Crippen molar-refractivity contribution in [3.05, 3.63) is 0 Å². The zero-order valence-electron chi connectivity index (χ0n) is 5.21. The van der Waals surface area contributed by atoms with Crippen LogP contribution in [0.5, 0.6) is 0 Å². The van der Waals surface area contributed by atoms with E-state index in [1.165, 1.54) is 0 Å². The smallest absolute Gasteiger partial charge is 0.164 e. The van der Waals surface area contributed by atoms with Crippen LogP contribution in [0.15, 0.2) is 0 Å². The molecular weight excluding hydrogens is 116 g/mol. The SMILES string of the molecule is O=C1C2CC[C@@H](C2)[C@H]1O. The predicted molar refractivity (Wildman–Crippen MR) is 31.8 cm³/mol. The van der Waals surface area contributed by atoms with Gasteiger partial charge in [0.2, 0.25) is 0 Å². The first kappa shape index (κ1) is 5.42. The van der Waals surface area contributed by atoms with Crippen LogP contribution in [0.3, 0.4) is 0 Å². The molecule has 0 aromatic rings. The van der Waals surface area contributed by atoms with Gasteiger partial charge >= 0.3 is 0 Å². The zero-order chi connectivity index (χ0) is 6.43. The average molecular weight is 126 g/mol. The number of Topliss-reactive ketones (excluding diaryl/α,β-unsaturated/α-hetero) is 1. The molecule has 2 bridgehead atoms. The van der Waals surface area contributed by atoms with Gasteiger partial charge in [-0.3, -0.25) is 4.79 Å². The lowest BCUT2D eigenvalue weighted by atomic mass is 9.97. The Labute approximate surface area is 53.9 Å². The number of fused-ring (bicyclic) bond motifs is 2. The van der Waals surface area contributed by atoms with E-state index in [1.54, 1.807) is 0 Å². The third-order valence-electron chi connectivity index (χ3n) is 2.61. The second-order valence-corrected chi connectivity index (χ2v) is 3.12. The number of hydrogen-bond donors (Lipinski definition) is 1. The highest BCUT2D eigenvalue weighted by Crippen LogP contribution is 2.41. The topological polar surface area (TPSA) is 37.3 Å². The molecule has 0 aromatic carbocycles. The highest BCUT2D eigenvalue weighted by Gasteiger charge is 2.45. The van der Waals surface area contributed by atoms with Crippen LogP contribution in [-0.2, 0) is 4.79 Å². The van der Waals surface area contributed by atoms with E-state index in [0.717, 1.165) is 19.3 Å². The number of aliphatic hydroxyl groups is 1. The molecule has 0 amide bonds. The first-order chi connectivity index (χ1) is 4.29. The van der Waals surface area contributed by atoms with Gasteiger partial charge in [0, 0.05) is 5.92 Å². The van der Waals surface area contributed by atoms with Crippen LogP contribution >= 0.6 is 0 Å². The lowest BCUT2D eigenvalue weighted by Gasteiger charge is -2.13. The molecule has 0 radical (unpaired) electrons. The van der Waals surface area contributed by atoms with E-state index < -0.39 is 6.10 Å². The molecule has 0 heterocycles. The quantitative estimate of drug-likeness (QED) is 0.508. The summed E-state index contributed by atoms with van der Waals surface area (Å²) in [6, 6.07) is 0. The normalized spacial score (nSPS) is 48.6. The first-order valence-electron chi connectivity index (χ1n) is 3.51. The van der Waals surface area contributed by atoms with Gasteiger partial charge in [0.25, 0.3) is 0 Å². The van der Waals surface area contributed by atoms with Crippen molar-refractivity contribution in [2.45, 2.75) is 25.4 Å². The van der Waals surface area contributed by atoms with E-state index in [-0.39, 0.29) is 11.7 Å². The van der Waals surface area contributed by atoms with Crippen LogP contribution in [0.4, 0.5) is 0 Å². The molecule has 3 atom stereocenters. The molecule has 0 aromatic heterocycles. The third kappa shape index (κ3) is 0.568. The van der Waals surface area contributed by atoms with E-state index in [0.29, 0.717) is 5.92 Å². The highest BCUT2D eigenvalue weighted by molar-refractivity contribution is 5.88. The van der Waals surface area contributed by atoms with Gasteiger partial charge in [-0.05, 0) is 25.2 Å². The van der Waals surface area contributed by atoms with Crippen LogP contribution in [-0.4, -0.2) is 17.0 Å². The highest BCUT2D eigenvalue weighted by atomic mass is 16.3. The Morgan fingerprint density at radius 1 is 1.44 bits per heavy atom. The van der Waals surface area contributed by atoms with E-state index >= 15 is 0 Å². The lowest BCUT2D eigenvalue weighted by molar-refractivity contribution is -0.130. The fraction of sp³-hybridized carbons (Fsp3) is 0.857. The molecule has 0 spiro atoms. The van der Waals surface area contributed by atoms with Crippen molar-refractivity contribution in [2.24, 2.45) is 11.8 Å². The van der Waals surface area contributed by atoms with Gasteiger partial charge in [-0.25, -0.2) is 0 Å². The number of ketones is 1. The number of aliphatic hydroxyl groups excluding tert-OH is 1. The lowest BCUT2D eigenvalue weighted by Crippen LogP contribution is -2.26. The Morgan fingerprint density at radius 3 is 2.56 bits per heavy atom. The molecule has 1 N–H and O–H groups in total. The Hall–Kier alpha value is -0.370. The van der Waals surface area contributed by atoms with E-state index in [2.05, 4.69) is 0 Å². The summed E-state index contributed by atoms with van der Waals surface area (Å²) in [6.45, 7) is 0. The van der Waals surface area contributed by atoms with Gasteiger partial charge in [0.1, 0.15) is 6.10 Å². The summed E-state index contributed by atoms with van der Waals surface area (Å²) in [5, 5.41) is 9.14. The van der Waals surface area contributed by atoms with Gasteiger partial charge < -0.3 is 5.11 Å². The monoisotopic (exact) mass is 126 g/mol. The molecule has 0 saturated heterocycles. The zero-order valence-corrected chi connectivity index (χ0v) is 5.21. The minimum absolute atomic E-state index is 0.103. The maximum absolute atomic E-state index is 10.9. The Balaban J connectivity index is 2.25. The van der Waals surface area contributed by atoms with E-state index in [1.807, 2.05) is 0 Å². The van der Waals surface area contributed by atoms with Gasteiger partial charge in [-0.1, -0.05) is 0 Å². The summed E-state index contributed by atoms with van der Waals surface area (Å²) in [6.07, 6.45) is 2.46. The molecule has 2 aliphatic carbocycles. The van der Waals surface area contributed by atoms with Crippen molar-refractivity contribution in [2.75, 3.05) is 0 Å². The minimum atomic E-state index is -0.594. The molecule has 0 aliphatic heterocycles. The standard InChI is InChI=1S/C7H10O2/c8-6-4-1-2-5(3-4)7(6)9/h4-6,8H,1-3H2/t4-,5?,6+/m0/s1. The van der Waals surface area contributed by atoms with Crippen molar-refractivity contribution in [3.63, 3.8) is 0 Å². The summed E-state index contributed by atoms with van der Waals surface area (Å²) < 4.78 is 0. The molecule has 50 valence electrons. The Kier molecular flexibility index (Phi) is 0.943. The Bertz CT molecular complexity index is 149. The van der Waals surface area contributed by atoms with Crippen LogP contribution in [0.2, 0.25) is 0 Å². The molecule has 2 rings (SSSR count). The molecule has 2 saturated carbocycles. The number of carbonyl (C=O) groups excluding carboxylic acids is 1. The molecule has 1 unspecified atom stereocenters. The summed E-state index contributed by atoms with van der Waals surface area (Å²) in [5.41, 5.74) is 0. The third-order valence-corrected chi connectivity index (χ3v) is 2.61. The van der Waals surface area contributed by atoms with Crippen molar-refractivity contribution >= 4 is 5.78 Å². The fourth-order valence-corrected chi connectivity index (χ4v) is 2.04. The summed E-state index contributed by atoms with van der Waals surface area (Å²) in [5.74, 6) is 0.652. The van der Waals surface area contributed by atoms with Crippen molar-refractivity contribution in [3.8, 4) is 0 Å². The molecule has 9 heavy (non-hydrogen) atoms. The van der Waals surface area contributed by atoms with Crippen molar-refractivity contribution < 1.29 is 9.90 Å². The van der Waals surface area contributed by atoms with Gasteiger partial charge in [0.05, 0.1) is 0 Å². The van der Waals surface area contributed by atoms with Crippen LogP contribution in [0, 0.1) is 11.8 Å². The molecule has 2 aliphatic rings. The van der Waals surface area contributed by atoms with Crippen LogP contribution < -0.4 is 0 Å². The second kappa shape index (κ2) is 1.57. The fourth-order valence-electron chi connectivity index (χ4n) is 2.04. The van der Waals surface area contributed by atoms with Gasteiger partial charge in [0.15, 0.2) is 5.78 Å². The van der Waals surface area contributed by atoms with Gasteiger partial charge in [-0.2, -0.15) is 0 Å². The predicted octanol–water partition coefficient (Wildman–Crippen LogP) is 0.346. The van der Waals surface area contributed by atoms with Crippen molar-refractivity contribution in [1.29, 1.82) is 0 Å². The first-order valence-corrected chi connectivity index (χ1v) is 3.51. The molecule has 2 fully saturated rings. The van der Waals surface area contributed by atoms with Crippen LogP contribution in [0.25, 0.3) is 0 Å². The van der Waals surface area contributed by atoms with E-state index in [4.69, 9.17) is 5.11 Å². The van der Waals surface area contributed by atoms with E-state index in [9.17, 15) is 4.79 Å². The number of hydrogen-bond acceptors (Lipinski definition) is 2. The average Bonchev–Trinajstić information content (AvgIpc) is 2.37. The molecular formula is C7H10O2. The summed E-state index contributed by atoms with van der Waals surface area (Å²) in [4.78, 5) is 10.9. The maximum Gasteiger partial charge on any atom is 0.164 e. The summed E-state index contributed by atoms with van der Waals surface area (Å²) in [7, 11) is 0.